The molecule has 0 fully saturated rings. The van der Waals surface area contributed by atoms with Crippen LogP contribution in [0.5, 0.6) is 0 Å². The monoisotopic (exact) mass is 430 g/mol. The van der Waals surface area contributed by atoms with Crippen LogP contribution in [0.25, 0.3) is 11.5 Å². The Balaban J connectivity index is 1.50. The van der Waals surface area contributed by atoms with Crippen molar-refractivity contribution in [1.82, 2.24) is 10.3 Å². The number of carbonyl (C=O) groups is 1. The van der Waals surface area contributed by atoms with Gasteiger partial charge in [0.05, 0.1) is 11.4 Å². The van der Waals surface area contributed by atoms with Crippen molar-refractivity contribution in [2.24, 2.45) is 0 Å². The summed E-state index contributed by atoms with van der Waals surface area (Å²) in [4.78, 5) is 16.6. The molecule has 29 heavy (non-hydrogen) atoms. The molecule has 0 saturated heterocycles. The first-order chi connectivity index (χ1) is 13.9. The molecule has 3 aromatic rings. The number of aryl methyl sites for hydroxylation is 2. The van der Waals surface area contributed by atoms with E-state index in [1.54, 1.807) is 6.92 Å². The summed E-state index contributed by atoms with van der Waals surface area (Å²) in [6.45, 7) is 4.27. The molecule has 1 atom stereocenters. The van der Waals surface area contributed by atoms with Gasteiger partial charge in [0.15, 0.2) is 0 Å². The molecule has 3 rings (SSSR count). The zero-order chi connectivity index (χ0) is 20.8. The predicted molar refractivity (Wildman–Crippen MR) is 116 cm³/mol. The number of nitrogens with one attached hydrogen (secondary N) is 1. The molecule has 0 aliphatic rings. The summed E-state index contributed by atoms with van der Waals surface area (Å²) in [7, 11) is -1.36. The standard InChI is InChI=1S/C22H23ClN2O3S/c1-15-5-3-4-6-19(15)22-25-20(16(2)28-22)13-29(27)14-21(26)24-12-11-17-7-9-18(23)10-8-17/h3-10H,11-14H2,1-2H3,(H,24,26)/t29-/m0/s1. The normalized spacial score (nSPS) is 12.0. The lowest BCUT2D eigenvalue weighted by molar-refractivity contribution is -0.118. The van der Waals surface area contributed by atoms with Gasteiger partial charge in [-0.05, 0) is 49.6 Å². The Hall–Kier alpha value is -2.44. The van der Waals surface area contributed by atoms with Crippen molar-refractivity contribution >= 4 is 28.3 Å². The fourth-order valence-electron chi connectivity index (χ4n) is 2.89. The van der Waals surface area contributed by atoms with Gasteiger partial charge in [-0.2, -0.15) is 0 Å². The van der Waals surface area contributed by atoms with E-state index in [-0.39, 0.29) is 17.4 Å². The Kier molecular flexibility index (Phi) is 7.23. The number of halogens is 1. The summed E-state index contributed by atoms with van der Waals surface area (Å²) in [5.41, 5.74) is 3.67. The lowest BCUT2D eigenvalue weighted by Gasteiger charge is -2.05. The maximum atomic E-state index is 12.4. The minimum atomic E-state index is -1.36. The van der Waals surface area contributed by atoms with E-state index < -0.39 is 10.8 Å². The molecule has 7 heteroatoms. The van der Waals surface area contributed by atoms with Crippen LogP contribution in [0.15, 0.2) is 52.9 Å². The Labute approximate surface area is 178 Å². The maximum Gasteiger partial charge on any atom is 0.232 e. The number of carbonyl (C=O) groups excluding carboxylic acids is 1. The molecule has 1 heterocycles. The zero-order valence-corrected chi connectivity index (χ0v) is 18.0. The third-order valence-electron chi connectivity index (χ3n) is 4.51. The van der Waals surface area contributed by atoms with Crippen LogP contribution in [0.2, 0.25) is 5.02 Å². The molecule has 0 unspecified atom stereocenters. The van der Waals surface area contributed by atoms with E-state index in [0.717, 1.165) is 16.7 Å². The van der Waals surface area contributed by atoms with Crippen LogP contribution >= 0.6 is 11.6 Å². The lowest BCUT2D eigenvalue weighted by atomic mass is 10.1. The van der Waals surface area contributed by atoms with E-state index in [1.165, 1.54) is 0 Å². The average Bonchev–Trinajstić information content (AvgIpc) is 3.03. The van der Waals surface area contributed by atoms with Gasteiger partial charge in [-0.25, -0.2) is 4.98 Å². The minimum Gasteiger partial charge on any atom is -0.441 e. The highest BCUT2D eigenvalue weighted by Crippen LogP contribution is 2.25. The van der Waals surface area contributed by atoms with Crippen LogP contribution in [-0.4, -0.2) is 27.4 Å². The largest absolute Gasteiger partial charge is 0.441 e. The van der Waals surface area contributed by atoms with Gasteiger partial charge in [-0.15, -0.1) is 0 Å². The molecular weight excluding hydrogens is 408 g/mol. The molecule has 0 spiro atoms. The summed E-state index contributed by atoms with van der Waals surface area (Å²) in [6.07, 6.45) is 0.692. The van der Waals surface area contributed by atoms with Crippen LogP contribution in [-0.2, 0) is 27.8 Å². The summed E-state index contributed by atoms with van der Waals surface area (Å²) < 4.78 is 18.2. The second kappa shape index (κ2) is 9.85. The molecule has 0 aliphatic heterocycles. The average molecular weight is 431 g/mol. The van der Waals surface area contributed by atoms with Gasteiger partial charge >= 0.3 is 0 Å². The predicted octanol–water partition coefficient (Wildman–Crippen LogP) is 4.22. The van der Waals surface area contributed by atoms with E-state index in [1.807, 2.05) is 55.5 Å². The molecule has 0 radical (unpaired) electrons. The van der Waals surface area contributed by atoms with Gasteiger partial charge in [0.1, 0.15) is 11.5 Å². The molecule has 1 N–H and O–H groups in total. The van der Waals surface area contributed by atoms with Crippen molar-refractivity contribution in [2.75, 3.05) is 12.3 Å². The van der Waals surface area contributed by atoms with Gasteiger partial charge in [-0.1, -0.05) is 41.9 Å². The summed E-state index contributed by atoms with van der Waals surface area (Å²) in [6, 6.07) is 15.3. The second-order valence-corrected chi connectivity index (χ2v) is 8.69. The smallest absolute Gasteiger partial charge is 0.232 e. The molecule has 1 amide bonds. The minimum absolute atomic E-state index is 0.0629. The van der Waals surface area contributed by atoms with Crippen LogP contribution in [0, 0.1) is 13.8 Å². The molecule has 5 nitrogen and oxygen atoms in total. The van der Waals surface area contributed by atoms with Crippen LogP contribution < -0.4 is 5.32 Å². The van der Waals surface area contributed by atoms with E-state index in [0.29, 0.717) is 35.3 Å². The van der Waals surface area contributed by atoms with Crippen LogP contribution in [0.1, 0.15) is 22.6 Å². The Morgan fingerprint density at radius 1 is 1.14 bits per heavy atom. The highest BCUT2D eigenvalue weighted by molar-refractivity contribution is 7.84. The van der Waals surface area contributed by atoms with E-state index in [4.69, 9.17) is 16.0 Å². The second-order valence-electron chi connectivity index (χ2n) is 6.79. The number of nitrogens with zero attached hydrogens (tertiary/aromatic N) is 1. The van der Waals surface area contributed by atoms with E-state index in [9.17, 15) is 9.00 Å². The first-order valence-corrected chi connectivity index (χ1v) is 11.2. The van der Waals surface area contributed by atoms with Crippen molar-refractivity contribution in [3.8, 4) is 11.5 Å². The van der Waals surface area contributed by atoms with Gasteiger partial charge in [0.25, 0.3) is 0 Å². The Bertz CT molecular complexity index is 1020. The SMILES string of the molecule is Cc1ccccc1-c1nc(C[S@](=O)CC(=O)NCCc2ccc(Cl)cc2)c(C)o1. The molecule has 0 bridgehead atoms. The molecule has 0 aliphatic carbocycles. The lowest BCUT2D eigenvalue weighted by Crippen LogP contribution is -2.30. The summed E-state index contributed by atoms with van der Waals surface area (Å²) in [5.74, 6) is 1.02. The van der Waals surface area contributed by atoms with Crippen molar-refractivity contribution < 1.29 is 13.4 Å². The molecule has 2 aromatic carbocycles. The molecule has 0 saturated carbocycles. The fourth-order valence-corrected chi connectivity index (χ4v) is 4.08. The number of aromatic nitrogens is 1. The third kappa shape index (κ3) is 6.02. The third-order valence-corrected chi connectivity index (χ3v) is 5.94. The first kappa shape index (κ1) is 21.3. The highest BCUT2D eigenvalue weighted by Gasteiger charge is 2.16. The van der Waals surface area contributed by atoms with E-state index >= 15 is 0 Å². The van der Waals surface area contributed by atoms with Gasteiger partial charge < -0.3 is 9.73 Å². The number of oxazole rings is 1. The van der Waals surface area contributed by atoms with Crippen molar-refractivity contribution in [2.45, 2.75) is 26.0 Å². The quantitative estimate of drug-likeness (QED) is 0.580. The van der Waals surface area contributed by atoms with Crippen molar-refractivity contribution in [3.05, 3.63) is 76.1 Å². The maximum absolute atomic E-state index is 12.4. The molecular formula is C22H23ClN2O3S. The number of benzene rings is 2. The summed E-state index contributed by atoms with van der Waals surface area (Å²) in [5, 5.41) is 3.49. The number of amides is 1. The van der Waals surface area contributed by atoms with Crippen molar-refractivity contribution in [3.63, 3.8) is 0 Å². The molecule has 1 aromatic heterocycles. The van der Waals surface area contributed by atoms with E-state index in [2.05, 4.69) is 10.3 Å². The van der Waals surface area contributed by atoms with Gasteiger partial charge in [0.2, 0.25) is 11.8 Å². The van der Waals surface area contributed by atoms with Gasteiger partial charge in [0, 0.05) is 27.9 Å². The first-order valence-electron chi connectivity index (χ1n) is 9.31. The number of hydrogen-bond acceptors (Lipinski definition) is 4. The van der Waals surface area contributed by atoms with Crippen LogP contribution in [0.4, 0.5) is 0 Å². The summed E-state index contributed by atoms with van der Waals surface area (Å²) >= 11 is 5.86. The Morgan fingerprint density at radius 3 is 2.59 bits per heavy atom. The fraction of sp³-hybridized carbons (Fsp3) is 0.273. The van der Waals surface area contributed by atoms with Gasteiger partial charge in [-0.3, -0.25) is 9.00 Å². The topological polar surface area (TPSA) is 72.2 Å². The van der Waals surface area contributed by atoms with Crippen molar-refractivity contribution in [1.29, 1.82) is 0 Å². The number of hydrogen-bond donors (Lipinski definition) is 1. The zero-order valence-electron chi connectivity index (χ0n) is 16.4. The van der Waals surface area contributed by atoms with Crippen LogP contribution in [0.3, 0.4) is 0 Å². The highest BCUT2D eigenvalue weighted by atomic mass is 35.5. The molecule has 152 valence electrons. The number of rotatable bonds is 8. The Morgan fingerprint density at radius 2 is 1.86 bits per heavy atom.